The van der Waals surface area contributed by atoms with Crippen LogP contribution in [0.3, 0.4) is 0 Å². The SMILES string of the molecule is O=C(c1ccc2[nH]c(=O)[nH]c2c1)C(F)(F)C(F)F. The molecular weight excluding hydrogens is 256 g/mol. The van der Waals surface area contributed by atoms with E-state index in [9.17, 15) is 27.2 Å². The van der Waals surface area contributed by atoms with Crippen molar-refractivity contribution >= 4 is 16.8 Å². The molecule has 0 radical (unpaired) electrons. The minimum Gasteiger partial charge on any atom is -0.306 e. The number of alkyl halides is 4. The van der Waals surface area contributed by atoms with Crippen molar-refractivity contribution in [3.8, 4) is 0 Å². The molecule has 2 rings (SSSR count). The van der Waals surface area contributed by atoms with Crippen molar-refractivity contribution in [1.29, 1.82) is 0 Å². The zero-order valence-electron chi connectivity index (χ0n) is 8.64. The Hall–Kier alpha value is -2.12. The lowest BCUT2D eigenvalue weighted by atomic mass is 10.1. The first-order valence-electron chi connectivity index (χ1n) is 4.75. The summed E-state index contributed by atoms with van der Waals surface area (Å²) in [4.78, 5) is 26.7. The van der Waals surface area contributed by atoms with E-state index in [2.05, 4.69) is 9.97 Å². The molecule has 1 heterocycles. The van der Waals surface area contributed by atoms with Gasteiger partial charge in [-0.1, -0.05) is 0 Å². The third kappa shape index (κ3) is 1.89. The number of halogens is 4. The lowest BCUT2D eigenvalue weighted by Gasteiger charge is -2.13. The number of rotatable bonds is 3. The van der Waals surface area contributed by atoms with Crippen molar-refractivity contribution in [2.75, 3.05) is 0 Å². The topological polar surface area (TPSA) is 65.7 Å². The van der Waals surface area contributed by atoms with E-state index in [1.807, 2.05) is 0 Å². The number of aromatic nitrogens is 2. The number of ketones is 1. The minimum absolute atomic E-state index is 0.0934. The fourth-order valence-electron chi connectivity index (χ4n) is 1.47. The second-order valence-corrected chi connectivity index (χ2v) is 3.59. The number of Topliss-reactive ketones (excluding diaryl/α,β-unsaturated/α-hetero) is 1. The number of H-pyrrole nitrogens is 2. The maximum Gasteiger partial charge on any atom is 0.368 e. The van der Waals surface area contributed by atoms with E-state index in [1.54, 1.807) is 0 Å². The Bertz CT molecular complexity index is 659. The number of aromatic amines is 2. The van der Waals surface area contributed by atoms with Gasteiger partial charge in [0.2, 0.25) is 5.78 Å². The zero-order valence-corrected chi connectivity index (χ0v) is 8.64. The van der Waals surface area contributed by atoms with Gasteiger partial charge in [0, 0.05) is 5.56 Å². The van der Waals surface area contributed by atoms with Crippen LogP contribution in [0.2, 0.25) is 0 Å². The monoisotopic (exact) mass is 262 g/mol. The molecule has 0 aliphatic carbocycles. The van der Waals surface area contributed by atoms with E-state index in [4.69, 9.17) is 0 Å². The number of carbonyl (C=O) groups excluding carboxylic acids is 1. The summed E-state index contributed by atoms with van der Waals surface area (Å²) in [5, 5.41) is 0. The largest absolute Gasteiger partial charge is 0.368 e. The van der Waals surface area contributed by atoms with Crippen LogP contribution in [0.1, 0.15) is 10.4 Å². The summed E-state index contributed by atoms with van der Waals surface area (Å²) >= 11 is 0. The third-order valence-electron chi connectivity index (χ3n) is 2.35. The molecular formula is C10H6F4N2O2. The molecule has 0 fully saturated rings. The second kappa shape index (κ2) is 3.97. The Kier molecular flexibility index (Phi) is 2.72. The summed E-state index contributed by atoms with van der Waals surface area (Å²) in [7, 11) is 0. The van der Waals surface area contributed by atoms with Crippen LogP contribution in [-0.2, 0) is 0 Å². The van der Waals surface area contributed by atoms with E-state index in [-0.39, 0.29) is 11.0 Å². The van der Waals surface area contributed by atoms with Crippen LogP contribution in [0, 0.1) is 0 Å². The molecule has 96 valence electrons. The third-order valence-corrected chi connectivity index (χ3v) is 2.35. The summed E-state index contributed by atoms with van der Waals surface area (Å²) in [5.41, 5.74) is -0.800. The van der Waals surface area contributed by atoms with Gasteiger partial charge < -0.3 is 9.97 Å². The average molecular weight is 262 g/mol. The molecule has 0 saturated heterocycles. The van der Waals surface area contributed by atoms with E-state index in [0.29, 0.717) is 0 Å². The molecule has 2 aromatic rings. The highest BCUT2D eigenvalue weighted by molar-refractivity contribution is 6.03. The van der Waals surface area contributed by atoms with Crippen LogP contribution in [0.5, 0.6) is 0 Å². The summed E-state index contributed by atoms with van der Waals surface area (Å²) < 4.78 is 49.8. The van der Waals surface area contributed by atoms with Crippen molar-refractivity contribution in [3.05, 3.63) is 34.2 Å². The lowest BCUT2D eigenvalue weighted by Crippen LogP contribution is -2.36. The maximum absolute atomic E-state index is 12.9. The Morgan fingerprint density at radius 2 is 1.78 bits per heavy atom. The molecule has 2 N–H and O–H groups in total. The quantitative estimate of drug-likeness (QED) is 0.655. The number of nitrogens with one attached hydrogen (secondary N) is 2. The molecule has 8 heteroatoms. The maximum atomic E-state index is 12.9. The first kappa shape index (κ1) is 12.3. The van der Waals surface area contributed by atoms with Crippen molar-refractivity contribution in [2.24, 2.45) is 0 Å². The molecule has 0 aliphatic heterocycles. The average Bonchev–Trinajstić information content (AvgIpc) is 2.66. The van der Waals surface area contributed by atoms with Gasteiger partial charge in [-0.2, -0.15) is 8.78 Å². The van der Waals surface area contributed by atoms with Crippen LogP contribution in [0.25, 0.3) is 11.0 Å². The van der Waals surface area contributed by atoms with Crippen LogP contribution < -0.4 is 5.69 Å². The number of fused-ring (bicyclic) bond motifs is 1. The number of imidazole rings is 1. The van der Waals surface area contributed by atoms with E-state index >= 15 is 0 Å². The van der Waals surface area contributed by atoms with Gasteiger partial charge in [-0.05, 0) is 18.2 Å². The highest BCUT2D eigenvalue weighted by Crippen LogP contribution is 2.28. The van der Waals surface area contributed by atoms with Crippen LogP contribution in [0.4, 0.5) is 17.6 Å². The highest BCUT2D eigenvalue weighted by atomic mass is 19.3. The van der Waals surface area contributed by atoms with E-state index < -0.39 is 29.4 Å². The second-order valence-electron chi connectivity index (χ2n) is 3.59. The molecule has 0 bridgehead atoms. The normalized spacial score (nSPS) is 12.3. The molecule has 4 nitrogen and oxygen atoms in total. The highest BCUT2D eigenvalue weighted by Gasteiger charge is 2.49. The van der Waals surface area contributed by atoms with Crippen molar-refractivity contribution in [1.82, 2.24) is 9.97 Å². The number of benzene rings is 1. The van der Waals surface area contributed by atoms with Gasteiger partial charge in [-0.3, -0.25) is 4.79 Å². The zero-order chi connectivity index (χ0) is 13.5. The lowest BCUT2D eigenvalue weighted by molar-refractivity contribution is -0.0958. The van der Waals surface area contributed by atoms with Gasteiger partial charge in [0.05, 0.1) is 11.0 Å². The summed E-state index contributed by atoms with van der Waals surface area (Å²) in [6, 6.07) is 3.05. The first-order chi connectivity index (χ1) is 8.32. The molecule has 0 spiro atoms. The molecule has 1 aromatic carbocycles. The van der Waals surface area contributed by atoms with Crippen LogP contribution in [0.15, 0.2) is 23.0 Å². The van der Waals surface area contributed by atoms with Crippen LogP contribution in [-0.4, -0.2) is 28.1 Å². The Morgan fingerprint density at radius 3 is 2.39 bits per heavy atom. The Labute approximate surface area is 96.6 Å². The first-order valence-corrected chi connectivity index (χ1v) is 4.75. The molecule has 0 unspecified atom stereocenters. The minimum atomic E-state index is -4.75. The number of hydrogen-bond donors (Lipinski definition) is 2. The molecule has 1 aromatic heterocycles. The summed E-state index contributed by atoms with van der Waals surface area (Å²) in [5.74, 6) is -6.73. The molecule has 0 saturated carbocycles. The standard InChI is InChI=1S/C10H6F4N2O2/c11-8(12)10(13,14)7(17)4-1-2-5-6(3-4)16-9(18)15-5/h1-3,8H,(H2,15,16,18). The summed E-state index contributed by atoms with van der Waals surface area (Å²) in [6.45, 7) is 0. The van der Waals surface area contributed by atoms with E-state index in [0.717, 1.165) is 12.1 Å². The van der Waals surface area contributed by atoms with Gasteiger partial charge in [0.15, 0.2) is 0 Å². The number of hydrogen-bond acceptors (Lipinski definition) is 2. The van der Waals surface area contributed by atoms with Gasteiger partial charge in [0.1, 0.15) is 0 Å². The van der Waals surface area contributed by atoms with Crippen molar-refractivity contribution in [2.45, 2.75) is 12.3 Å². The summed E-state index contributed by atoms with van der Waals surface area (Å²) in [6.07, 6.45) is -4.08. The molecule has 0 amide bonds. The fourth-order valence-corrected chi connectivity index (χ4v) is 1.47. The van der Waals surface area contributed by atoms with Crippen molar-refractivity contribution in [3.63, 3.8) is 0 Å². The molecule has 0 atom stereocenters. The molecule has 0 aliphatic rings. The molecule has 18 heavy (non-hydrogen) atoms. The predicted octanol–water partition coefficient (Wildman–Crippen LogP) is 1.94. The van der Waals surface area contributed by atoms with Gasteiger partial charge in [-0.15, -0.1) is 0 Å². The smallest absolute Gasteiger partial charge is 0.306 e. The van der Waals surface area contributed by atoms with Gasteiger partial charge >= 0.3 is 18.0 Å². The predicted molar refractivity (Wildman–Crippen MR) is 54.2 cm³/mol. The Morgan fingerprint density at radius 1 is 1.17 bits per heavy atom. The van der Waals surface area contributed by atoms with Crippen LogP contribution >= 0.6 is 0 Å². The fraction of sp³-hybridized carbons (Fsp3) is 0.200. The van der Waals surface area contributed by atoms with Gasteiger partial charge in [0.25, 0.3) is 0 Å². The Balaban J connectivity index is 2.48. The van der Waals surface area contributed by atoms with E-state index in [1.165, 1.54) is 6.07 Å². The van der Waals surface area contributed by atoms with Gasteiger partial charge in [-0.25, -0.2) is 13.6 Å². The van der Waals surface area contributed by atoms with Crippen molar-refractivity contribution < 1.29 is 22.4 Å². The number of carbonyl (C=O) groups is 1.